The van der Waals surface area contributed by atoms with Crippen LogP contribution in [0.1, 0.15) is 30.9 Å². The van der Waals surface area contributed by atoms with E-state index in [4.69, 9.17) is 4.74 Å². The van der Waals surface area contributed by atoms with Crippen molar-refractivity contribution < 1.29 is 17.9 Å². The molecule has 0 bridgehead atoms. The average Bonchev–Trinajstić information content (AvgIpc) is 2.78. The second kappa shape index (κ2) is 9.57. The van der Waals surface area contributed by atoms with E-state index in [2.05, 4.69) is 10.3 Å². The van der Waals surface area contributed by atoms with Crippen molar-refractivity contribution in [2.45, 2.75) is 29.6 Å². The fourth-order valence-electron chi connectivity index (χ4n) is 2.94. The molecule has 0 aliphatic rings. The van der Waals surface area contributed by atoms with E-state index >= 15 is 0 Å². The van der Waals surface area contributed by atoms with Gasteiger partial charge in [0.15, 0.2) is 0 Å². The van der Waals surface area contributed by atoms with Crippen molar-refractivity contribution in [3.8, 4) is 5.75 Å². The summed E-state index contributed by atoms with van der Waals surface area (Å²) in [6.07, 6.45) is 6.34. The number of carbonyl (C=O) groups excluding carboxylic acids is 1. The Labute approximate surface area is 182 Å². The SMILES string of the molecule is COc1ccc(C(C)C)cc1S(=O)(=O)c1ccc(NC(=O)C=Cc2cccnc2)cc1. The fourth-order valence-corrected chi connectivity index (χ4v) is 4.39. The minimum Gasteiger partial charge on any atom is -0.495 e. The Morgan fingerprint density at radius 2 is 1.84 bits per heavy atom. The number of pyridine rings is 1. The first-order valence-corrected chi connectivity index (χ1v) is 11.2. The summed E-state index contributed by atoms with van der Waals surface area (Å²) < 4.78 is 31.7. The quantitative estimate of drug-likeness (QED) is 0.543. The molecular weight excluding hydrogens is 412 g/mol. The highest BCUT2D eigenvalue weighted by atomic mass is 32.2. The van der Waals surface area contributed by atoms with Gasteiger partial charge in [-0.15, -0.1) is 0 Å². The molecule has 0 atom stereocenters. The smallest absolute Gasteiger partial charge is 0.248 e. The zero-order valence-electron chi connectivity index (χ0n) is 17.6. The summed E-state index contributed by atoms with van der Waals surface area (Å²) in [5.41, 5.74) is 2.20. The summed E-state index contributed by atoms with van der Waals surface area (Å²) in [6, 6.07) is 14.8. The van der Waals surface area contributed by atoms with Gasteiger partial charge in [-0.05, 0) is 65.6 Å². The van der Waals surface area contributed by atoms with Crippen LogP contribution in [-0.2, 0) is 14.6 Å². The lowest BCUT2D eigenvalue weighted by atomic mass is 10.0. The van der Waals surface area contributed by atoms with E-state index in [1.54, 1.807) is 48.8 Å². The predicted octanol–water partition coefficient (Wildman–Crippen LogP) is 4.70. The highest BCUT2D eigenvalue weighted by Gasteiger charge is 2.23. The summed E-state index contributed by atoms with van der Waals surface area (Å²) in [7, 11) is -2.34. The third kappa shape index (κ3) is 5.38. The molecule has 0 saturated carbocycles. The van der Waals surface area contributed by atoms with Crippen LogP contribution in [0.5, 0.6) is 5.75 Å². The van der Waals surface area contributed by atoms with Gasteiger partial charge < -0.3 is 10.1 Å². The Balaban J connectivity index is 1.80. The molecule has 7 heteroatoms. The number of methoxy groups -OCH3 is 1. The van der Waals surface area contributed by atoms with Gasteiger partial charge in [0.05, 0.1) is 12.0 Å². The van der Waals surface area contributed by atoms with E-state index in [0.29, 0.717) is 11.4 Å². The third-order valence-corrected chi connectivity index (χ3v) is 6.48. The first kappa shape index (κ1) is 22.2. The van der Waals surface area contributed by atoms with Gasteiger partial charge in [0, 0.05) is 24.2 Å². The van der Waals surface area contributed by atoms with Crippen molar-refractivity contribution in [1.82, 2.24) is 4.98 Å². The molecule has 0 spiro atoms. The number of benzene rings is 2. The molecular formula is C24H24N2O4S. The van der Waals surface area contributed by atoms with Crippen LogP contribution in [0, 0.1) is 0 Å². The predicted molar refractivity (Wildman–Crippen MR) is 121 cm³/mol. The molecule has 1 amide bonds. The first-order chi connectivity index (χ1) is 14.8. The molecule has 6 nitrogen and oxygen atoms in total. The van der Waals surface area contributed by atoms with E-state index < -0.39 is 9.84 Å². The minimum absolute atomic E-state index is 0.121. The summed E-state index contributed by atoms with van der Waals surface area (Å²) in [5, 5.41) is 2.71. The molecule has 0 saturated heterocycles. The van der Waals surface area contributed by atoms with E-state index in [1.807, 2.05) is 26.0 Å². The van der Waals surface area contributed by atoms with E-state index in [-0.39, 0.29) is 21.6 Å². The van der Waals surface area contributed by atoms with Crippen molar-refractivity contribution >= 4 is 27.5 Å². The standard InChI is InChI=1S/C24H24N2O4S/c1-17(2)19-7-12-22(30-3)23(15-19)31(28,29)21-10-8-20(9-11-21)26-24(27)13-6-18-5-4-14-25-16-18/h4-17H,1-3H3,(H,26,27). The lowest BCUT2D eigenvalue weighted by Crippen LogP contribution is -2.09. The highest BCUT2D eigenvalue weighted by molar-refractivity contribution is 7.91. The largest absolute Gasteiger partial charge is 0.495 e. The monoisotopic (exact) mass is 436 g/mol. The number of ether oxygens (including phenoxy) is 1. The van der Waals surface area contributed by atoms with Gasteiger partial charge in [-0.25, -0.2) is 8.42 Å². The molecule has 1 N–H and O–H groups in total. The number of rotatable bonds is 7. The molecule has 0 unspecified atom stereocenters. The van der Waals surface area contributed by atoms with Crippen molar-refractivity contribution in [3.63, 3.8) is 0 Å². The second-order valence-electron chi connectivity index (χ2n) is 7.20. The second-order valence-corrected chi connectivity index (χ2v) is 9.12. The molecule has 2 aromatic carbocycles. The zero-order chi connectivity index (χ0) is 22.4. The Kier molecular flexibility index (Phi) is 6.87. The number of hydrogen-bond acceptors (Lipinski definition) is 5. The van der Waals surface area contributed by atoms with Crippen LogP contribution in [0.3, 0.4) is 0 Å². The van der Waals surface area contributed by atoms with Gasteiger partial charge in [0.1, 0.15) is 10.6 Å². The van der Waals surface area contributed by atoms with Gasteiger partial charge >= 0.3 is 0 Å². The lowest BCUT2D eigenvalue weighted by Gasteiger charge is -2.13. The van der Waals surface area contributed by atoms with Crippen molar-refractivity contribution in [2.24, 2.45) is 0 Å². The molecule has 3 rings (SSSR count). The Bertz CT molecular complexity index is 1190. The maximum absolute atomic E-state index is 13.2. The van der Waals surface area contributed by atoms with Gasteiger partial charge in [0.25, 0.3) is 0 Å². The number of aromatic nitrogens is 1. The van der Waals surface area contributed by atoms with Crippen LogP contribution in [0.2, 0.25) is 0 Å². The van der Waals surface area contributed by atoms with Crippen molar-refractivity contribution in [2.75, 3.05) is 12.4 Å². The van der Waals surface area contributed by atoms with Crippen LogP contribution < -0.4 is 10.1 Å². The molecule has 0 fully saturated rings. The van der Waals surface area contributed by atoms with E-state index in [0.717, 1.165) is 11.1 Å². The van der Waals surface area contributed by atoms with Crippen molar-refractivity contribution in [3.05, 3.63) is 84.2 Å². The molecule has 0 aliphatic carbocycles. The third-order valence-electron chi connectivity index (χ3n) is 4.69. The molecule has 3 aromatic rings. The number of carbonyl (C=O) groups is 1. The summed E-state index contributed by atoms with van der Waals surface area (Å²) >= 11 is 0. The average molecular weight is 437 g/mol. The van der Waals surface area contributed by atoms with Crippen molar-refractivity contribution in [1.29, 1.82) is 0 Å². The van der Waals surface area contributed by atoms with E-state index in [9.17, 15) is 13.2 Å². The summed E-state index contributed by atoms with van der Waals surface area (Å²) in [5.74, 6) is 0.144. The lowest BCUT2D eigenvalue weighted by molar-refractivity contribution is -0.111. The highest BCUT2D eigenvalue weighted by Crippen LogP contribution is 2.32. The Hall–Kier alpha value is -3.45. The molecule has 31 heavy (non-hydrogen) atoms. The number of nitrogens with zero attached hydrogens (tertiary/aromatic N) is 1. The number of anilines is 1. The molecule has 0 aliphatic heterocycles. The molecule has 1 aromatic heterocycles. The Morgan fingerprint density at radius 3 is 2.45 bits per heavy atom. The zero-order valence-corrected chi connectivity index (χ0v) is 18.4. The summed E-state index contributed by atoms with van der Waals surface area (Å²) in [4.78, 5) is 16.3. The number of amides is 1. The molecule has 1 heterocycles. The summed E-state index contributed by atoms with van der Waals surface area (Å²) in [6.45, 7) is 4.00. The van der Waals surface area contributed by atoms with Crippen LogP contribution in [-0.4, -0.2) is 26.4 Å². The van der Waals surface area contributed by atoms with Crippen LogP contribution in [0.4, 0.5) is 5.69 Å². The molecule has 0 radical (unpaired) electrons. The molecule has 160 valence electrons. The normalized spacial score (nSPS) is 11.6. The van der Waals surface area contributed by atoms with Crippen LogP contribution in [0.25, 0.3) is 6.08 Å². The Morgan fingerprint density at radius 1 is 1.10 bits per heavy atom. The number of nitrogens with one attached hydrogen (secondary N) is 1. The van der Waals surface area contributed by atoms with Gasteiger partial charge in [0.2, 0.25) is 15.7 Å². The van der Waals surface area contributed by atoms with Crippen LogP contribution in [0.15, 0.2) is 82.9 Å². The van der Waals surface area contributed by atoms with Gasteiger partial charge in [-0.2, -0.15) is 0 Å². The number of hydrogen-bond donors (Lipinski definition) is 1. The van der Waals surface area contributed by atoms with E-state index in [1.165, 1.54) is 25.3 Å². The number of sulfone groups is 1. The van der Waals surface area contributed by atoms with Gasteiger partial charge in [-0.3, -0.25) is 9.78 Å². The maximum Gasteiger partial charge on any atom is 0.248 e. The maximum atomic E-state index is 13.2. The minimum atomic E-state index is -3.79. The topological polar surface area (TPSA) is 85.4 Å². The van der Waals surface area contributed by atoms with Crippen LogP contribution >= 0.6 is 0 Å². The first-order valence-electron chi connectivity index (χ1n) is 9.73. The van der Waals surface area contributed by atoms with Gasteiger partial charge in [-0.1, -0.05) is 26.0 Å². The fraction of sp³-hybridized carbons (Fsp3) is 0.167.